The van der Waals surface area contributed by atoms with E-state index in [2.05, 4.69) is 10.5 Å². The van der Waals surface area contributed by atoms with Crippen LogP contribution >= 0.6 is 0 Å². The average molecular weight is 336 g/mol. The van der Waals surface area contributed by atoms with Crippen molar-refractivity contribution in [3.05, 3.63) is 83.2 Å². The highest BCUT2D eigenvalue weighted by atomic mass is 16.5. The first-order chi connectivity index (χ1) is 12.2. The van der Waals surface area contributed by atoms with E-state index in [9.17, 15) is 4.79 Å². The maximum atomic E-state index is 12.6. The van der Waals surface area contributed by atoms with E-state index in [0.717, 1.165) is 16.9 Å². The first-order valence-electron chi connectivity index (χ1n) is 8.16. The zero-order valence-corrected chi connectivity index (χ0v) is 14.2. The fraction of sp³-hybridized carbons (Fsp3) is 0.200. The van der Waals surface area contributed by atoms with Gasteiger partial charge in [-0.1, -0.05) is 54.5 Å². The first-order valence-corrected chi connectivity index (χ1v) is 8.16. The van der Waals surface area contributed by atoms with Crippen LogP contribution in [0, 0.1) is 0 Å². The molecule has 0 bridgehead atoms. The molecule has 1 aromatic heterocycles. The molecule has 0 radical (unpaired) electrons. The summed E-state index contributed by atoms with van der Waals surface area (Å²) < 4.78 is 10.3. The molecular weight excluding hydrogens is 316 g/mol. The molecule has 25 heavy (non-hydrogen) atoms. The lowest BCUT2D eigenvalue weighted by atomic mass is 9.98. The Kier molecular flexibility index (Phi) is 5.14. The normalized spacial score (nSPS) is 11.8. The van der Waals surface area contributed by atoms with Crippen LogP contribution in [0.2, 0.25) is 0 Å². The van der Waals surface area contributed by atoms with Crippen molar-refractivity contribution in [1.29, 1.82) is 0 Å². The fourth-order valence-corrected chi connectivity index (χ4v) is 2.59. The highest BCUT2D eigenvalue weighted by Crippen LogP contribution is 2.24. The lowest BCUT2D eigenvalue weighted by Crippen LogP contribution is -2.29. The molecule has 0 aliphatic rings. The second kappa shape index (κ2) is 7.66. The van der Waals surface area contributed by atoms with E-state index in [4.69, 9.17) is 9.26 Å². The summed E-state index contributed by atoms with van der Waals surface area (Å²) in [6, 6.07) is 18.8. The lowest BCUT2D eigenvalue weighted by molar-refractivity contribution is 0.0933. The van der Waals surface area contributed by atoms with E-state index < -0.39 is 0 Å². The van der Waals surface area contributed by atoms with Crippen LogP contribution in [0.3, 0.4) is 0 Å². The minimum absolute atomic E-state index is 0.270. The van der Waals surface area contributed by atoms with Crippen LogP contribution in [0.15, 0.2) is 65.2 Å². The maximum Gasteiger partial charge on any atom is 0.274 e. The molecule has 3 rings (SSSR count). The minimum Gasteiger partial charge on any atom is -0.497 e. The van der Waals surface area contributed by atoms with Crippen LogP contribution < -0.4 is 10.1 Å². The molecule has 1 unspecified atom stereocenters. The summed E-state index contributed by atoms with van der Waals surface area (Å²) >= 11 is 0. The van der Waals surface area contributed by atoms with Crippen LogP contribution in [0.1, 0.15) is 40.3 Å². The van der Waals surface area contributed by atoms with E-state index in [1.54, 1.807) is 13.2 Å². The van der Waals surface area contributed by atoms with Crippen molar-refractivity contribution in [2.45, 2.75) is 19.4 Å². The van der Waals surface area contributed by atoms with Gasteiger partial charge in [-0.2, -0.15) is 0 Å². The third kappa shape index (κ3) is 3.88. The van der Waals surface area contributed by atoms with E-state index >= 15 is 0 Å². The molecule has 0 spiro atoms. The molecule has 1 N–H and O–H groups in total. The number of aromatic nitrogens is 1. The molecule has 0 fully saturated rings. The van der Waals surface area contributed by atoms with Crippen LogP contribution in [0.5, 0.6) is 5.75 Å². The van der Waals surface area contributed by atoms with Gasteiger partial charge in [0.05, 0.1) is 13.2 Å². The number of benzene rings is 2. The number of rotatable bonds is 6. The number of methoxy groups -OCH3 is 1. The van der Waals surface area contributed by atoms with Gasteiger partial charge in [0.25, 0.3) is 5.91 Å². The van der Waals surface area contributed by atoms with Gasteiger partial charge in [-0.05, 0) is 23.3 Å². The maximum absolute atomic E-state index is 12.6. The quantitative estimate of drug-likeness (QED) is 0.744. The number of ether oxygens (including phenoxy) is 1. The summed E-state index contributed by atoms with van der Waals surface area (Å²) in [5.41, 5.74) is 2.23. The molecule has 1 heterocycles. The SMILES string of the molecule is CCc1cc(C(=O)NC(c2ccccc2)c2ccc(OC)cc2)no1. The van der Waals surface area contributed by atoms with Crippen molar-refractivity contribution in [3.8, 4) is 5.75 Å². The highest BCUT2D eigenvalue weighted by molar-refractivity contribution is 5.92. The van der Waals surface area contributed by atoms with Gasteiger partial charge in [0, 0.05) is 12.5 Å². The van der Waals surface area contributed by atoms with Gasteiger partial charge < -0.3 is 14.6 Å². The van der Waals surface area contributed by atoms with Gasteiger partial charge in [0.1, 0.15) is 11.5 Å². The van der Waals surface area contributed by atoms with Crippen molar-refractivity contribution in [1.82, 2.24) is 10.5 Å². The van der Waals surface area contributed by atoms with Gasteiger partial charge >= 0.3 is 0 Å². The molecule has 0 saturated heterocycles. The number of carbonyl (C=O) groups excluding carboxylic acids is 1. The molecule has 5 heteroatoms. The number of carbonyl (C=O) groups is 1. The average Bonchev–Trinajstić information content (AvgIpc) is 3.16. The van der Waals surface area contributed by atoms with Gasteiger partial charge in [0.2, 0.25) is 0 Å². The smallest absolute Gasteiger partial charge is 0.274 e. The Balaban J connectivity index is 1.89. The standard InChI is InChI=1S/C20H20N2O3/c1-3-16-13-18(22-25-16)20(23)21-19(14-7-5-4-6-8-14)15-9-11-17(24-2)12-10-15/h4-13,19H,3H2,1-2H3,(H,21,23). The van der Waals surface area contributed by atoms with Gasteiger partial charge in [-0.15, -0.1) is 0 Å². The number of nitrogens with one attached hydrogen (secondary N) is 1. The van der Waals surface area contributed by atoms with E-state index in [1.165, 1.54) is 0 Å². The Labute approximate surface area is 146 Å². The number of nitrogens with zero attached hydrogens (tertiary/aromatic N) is 1. The summed E-state index contributed by atoms with van der Waals surface area (Å²) in [6.07, 6.45) is 0.695. The summed E-state index contributed by atoms with van der Waals surface area (Å²) in [7, 11) is 1.63. The molecule has 3 aromatic rings. The second-order valence-electron chi connectivity index (χ2n) is 5.62. The topological polar surface area (TPSA) is 64.4 Å². The monoisotopic (exact) mass is 336 g/mol. The fourth-order valence-electron chi connectivity index (χ4n) is 2.59. The van der Waals surface area contributed by atoms with Gasteiger partial charge in [0.15, 0.2) is 5.69 Å². The predicted octanol–water partition coefficient (Wildman–Crippen LogP) is 3.77. The molecule has 1 atom stereocenters. The van der Waals surface area contributed by atoms with Crippen molar-refractivity contribution in [3.63, 3.8) is 0 Å². The lowest BCUT2D eigenvalue weighted by Gasteiger charge is -2.19. The zero-order valence-electron chi connectivity index (χ0n) is 14.2. The van der Waals surface area contributed by atoms with Gasteiger partial charge in [-0.3, -0.25) is 4.79 Å². The summed E-state index contributed by atoms with van der Waals surface area (Å²) in [5.74, 6) is 1.19. The molecule has 128 valence electrons. The number of aryl methyl sites for hydroxylation is 1. The van der Waals surface area contributed by atoms with Crippen LogP contribution in [0.4, 0.5) is 0 Å². The highest BCUT2D eigenvalue weighted by Gasteiger charge is 2.20. The van der Waals surface area contributed by atoms with E-state index in [1.807, 2.05) is 61.5 Å². The predicted molar refractivity (Wildman–Crippen MR) is 94.6 cm³/mol. The van der Waals surface area contributed by atoms with Crippen molar-refractivity contribution in [2.75, 3.05) is 7.11 Å². The van der Waals surface area contributed by atoms with Crippen molar-refractivity contribution in [2.24, 2.45) is 0 Å². The number of amides is 1. The Morgan fingerprint density at radius 2 is 1.80 bits per heavy atom. The van der Waals surface area contributed by atoms with Crippen LogP contribution in [-0.2, 0) is 6.42 Å². The third-order valence-electron chi connectivity index (χ3n) is 4.00. The Morgan fingerprint density at radius 1 is 1.12 bits per heavy atom. The summed E-state index contributed by atoms with van der Waals surface area (Å²) in [5, 5.41) is 6.89. The minimum atomic E-state index is -0.290. The van der Waals surface area contributed by atoms with E-state index in [-0.39, 0.29) is 17.6 Å². The van der Waals surface area contributed by atoms with Gasteiger partial charge in [-0.25, -0.2) is 0 Å². The summed E-state index contributed by atoms with van der Waals surface area (Å²) in [4.78, 5) is 12.6. The Bertz CT molecular complexity index is 826. The molecule has 1 amide bonds. The molecule has 0 aliphatic heterocycles. The Morgan fingerprint density at radius 3 is 2.40 bits per heavy atom. The Hall–Kier alpha value is -3.08. The number of hydrogen-bond acceptors (Lipinski definition) is 4. The van der Waals surface area contributed by atoms with Crippen molar-refractivity contribution < 1.29 is 14.1 Å². The first kappa shape index (κ1) is 16.8. The third-order valence-corrected chi connectivity index (χ3v) is 4.00. The molecule has 2 aromatic carbocycles. The van der Waals surface area contributed by atoms with Crippen LogP contribution in [-0.4, -0.2) is 18.2 Å². The molecule has 0 saturated carbocycles. The van der Waals surface area contributed by atoms with Crippen LogP contribution in [0.25, 0.3) is 0 Å². The zero-order chi connectivity index (χ0) is 17.6. The molecule has 5 nitrogen and oxygen atoms in total. The molecular formula is C20H20N2O3. The second-order valence-corrected chi connectivity index (χ2v) is 5.62. The van der Waals surface area contributed by atoms with Crippen molar-refractivity contribution >= 4 is 5.91 Å². The van der Waals surface area contributed by atoms with E-state index in [0.29, 0.717) is 12.2 Å². The largest absolute Gasteiger partial charge is 0.497 e. The molecule has 0 aliphatic carbocycles. The summed E-state index contributed by atoms with van der Waals surface area (Å²) in [6.45, 7) is 1.95. The number of hydrogen-bond donors (Lipinski definition) is 1.